The van der Waals surface area contributed by atoms with E-state index in [1.165, 1.54) is 6.33 Å². The Hall–Kier alpha value is -3.73. The van der Waals surface area contributed by atoms with Crippen molar-refractivity contribution in [2.75, 3.05) is 31.1 Å². The molecule has 3 heterocycles. The van der Waals surface area contributed by atoms with Gasteiger partial charge in [-0.05, 0) is 40.3 Å². The first-order chi connectivity index (χ1) is 15.8. The Balaban J connectivity index is 1.19. The molecule has 1 amide bonds. The van der Waals surface area contributed by atoms with Gasteiger partial charge in [0.15, 0.2) is 5.16 Å². The predicted octanol–water partition coefficient (Wildman–Crippen LogP) is 2.04. The molecule has 1 aliphatic heterocycles. The van der Waals surface area contributed by atoms with E-state index in [0.717, 1.165) is 22.2 Å². The molecule has 1 aliphatic rings. The minimum Gasteiger partial charge on any atom is -0.336 e. The summed E-state index contributed by atoms with van der Waals surface area (Å²) < 4.78 is 1.73. The maximum Gasteiger partial charge on any atom is 0.253 e. The molecule has 162 valence electrons. The van der Waals surface area contributed by atoms with Gasteiger partial charge in [-0.2, -0.15) is 9.78 Å². The molecule has 0 saturated carbocycles. The summed E-state index contributed by atoms with van der Waals surface area (Å²) in [5.41, 5.74) is 2.73. The van der Waals surface area contributed by atoms with Crippen LogP contribution in [0.4, 0.5) is 5.95 Å². The van der Waals surface area contributed by atoms with Crippen LogP contribution in [0.5, 0.6) is 0 Å². The van der Waals surface area contributed by atoms with Crippen molar-refractivity contribution in [3.8, 4) is 5.69 Å². The molecule has 4 aromatic rings. The van der Waals surface area contributed by atoms with Gasteiger partial charge in [-0.15, -0.1) is 0 Å². The largest absolute Gasteiger partial charge is 0.336 e. The number of carbonyl (C=O) groups is 1. The van der Waals surface area contributed by atoms with Gasteiger partial charge >= 0.3 is 0 Å². The number of aromatic amines is 1. The molecule has 1 saturated heterocycles. The standard InChI is InChI=1S/C21H21N9OS/c31-19(17-8-6-16(7-9-17)14-32-20-22-15-23-24-20)28-10-12-29(13-11-28)21-25-26-27-30(21)18-4-2-1-3-5-18/h1-9,15H,10-14H2,(H,22,23,24). The number of nitrogens with one attached hydrogen (secondary N) is 1. The van der Waals surface area contributed by atoms with E-state index >= 15 is 0 Å². The SMILES string of the molecule is O=C(c1ccc(CSc2ncn[nH]2)cc1)N1CCN(c2nnnn2-c2ccccc2)CC1. The molecule has 0 radical (unpaired) electrons. The fourth-order valence-electron chi connectivity index (χ4n) is 3.57. The molecule has 0 bridgehead atoms. The average Bonchev–Trinajstić information content (AvgIpc) is 3.56. The van der Waals surface area contributed by atoms with E-state index < -0.39 is 0 Å². The van der Waals surface area contributed by atoms with Crippen LogP contribution in [-0.2, 0) is 5.75 Å². The number of benzene rings is 2. The highest BCUT2D eigenvalue weighted by Gasteiger charge is 2.25. The summed E-state index contributed by atoms with van der Waals surface area (Å²) in [4.78, 5) is 21.1. The number of hydrogen-bond acceptors (Lipinski definition) is 8. The van der Waals surface area contributed by atoms with E-state index in [1.807, 2.05) is 59.5 Å². The van der Waals surface area contributed by atoms with E-state index in [2.05, 4.69) is 35.6 Å². The van der Waals surface area contributed by atoms with Crippen molar-refractivity contribution in [3.63, 3.8) is 0 Å². The van der Waals surface area contributed by atoms with Gasteiger partial charge in [0.2, 0.25) is 5.95 Å². The van der Waals surface area contributed by atoms with Crippen molar-refractivity contribution in [1.29, 1.82) is 0 Å². The van der Waals surface area contributed by atoms with Crippen LogP contribution in [0.2, 0.25) is 0 Å². The molecule has 0 atom stereocenters. The Labute approximate surface area is 188 Å². The minimum atomic E-state index is 0.0433. The second-order valence-corrected chi connectivity index (χ2v) is 8.25. The zero-order valence-corrected chi connectivity index (χ0v) is 18.0. The number of amides is 1. The zero-order valence-electron chi connectivity index (χ0n) is 17.2. The normalized spacial score (nSPS) is 14.0. The summed E-state index contributed by atoms with van der Waals surface area (Å²) in [6.45, 7) is 2.57. The first-order valence-electron chi connectivity index (χ1n) is 10.2. The van der Waals surface area contributed by atoms with Crippen molar-refractivity contribution >= 4 is 23.6 Å². The quantitative estimate of drug-likeness (QED) is 0.447. The lowest BCUT2D eigenvalue weighted by molar-refractivity contribution is 0.0746. The molecule has 0 unspecified atom stereocenters. The van der Waals surface area contributed by atoms with Crippen molar-refractivity contribution in [2.45, 2.75) is 10.9 Å². The maximum atomic E-state index is 13.0. The van der Waals surface area contributed by atoms with Gasteiger partial charge in [0.1, 0.15) is 6.33 Å². The van der Waals surface area contributed by atoms with Gasteiger partial charge < -0.3 is 9.80 Å². The molecule has 32 heavy (non-hydrogen) atoms. The molecule has 2 aromatic carbocycles. The minimum absolute atomic E-state index is 0.0433. The number of carbonyl (C=O) groups excluding carboxylic acids is 1. The van der Waals surface area contributed by atoms with Gasteiger partial charge in [0, 0.05) is 37.5 Å². The van der Waals surface area contributed by atoms with Gasteiger partial charge in [-0.1, -0.05) is 47.2 Å². The topological polar surface area (TPSA) is 109 Å². The third-order valence-corrected chi connectivity index (χ3v) is 6.22. The fraction of sp³-hybridized carbons (Fsp3) is 0.238. The van der Waals surface area contributed by atoms with E-state index in [4.69, 9.17) is 0 Å². The van der Waals surface area contributed by atoms with Gasteiger partial charge in [0.05, 0.1) is 5.69 Å². The summed E-state index contributed by atoms with van der Waals surface area (Å²) in [6.07, 6.45) is 1.49. The molecule has 10 nitrogen and oxygen atoms in total. The van der Waals surface area contributed by atoms with E-state index in [9.17, 15) is 4.79 Å². The fourth-order valence-corrected chi connectivity index (χ4v) is 4.30. The lowest BCUT2D eigenvalue weighted by atomic mass is 10.1. The first-order valence-corrected chi connectivity index (χ1v) is 11.2. The number of anilines is 1. The van der Waals surface area contributed by atoms with Crippen molar-refractivity contribution in [2.24, 2.45) is 0 Å². The number of nitrogens with zero attached hydrogens (tertiary/aromatic N) is 8. The summed E-state index contributed by atoms with van der Waals surface area (Å²) in [5, 5.41) is 19.6. The molecule has 1 N–H and O–H groups in total. The smallest absolute Gasteiger partial charge is 0.253 e. The Morgan fingerprint density at radius 2 is 1.78 bits per heavy atom. The van der Waals surface area contributed by atoms with E-state index in [0.29, 0.717) is 37.7 Å². The second-order valence-electron chi connectivity index (χ2n) is 7.28. The third-order valence-electron chi connectivity index (χ3n) is 5.27. The van der Waals surface area contributed by atoms with Crippen LogP contribution < -0.4 is 4.90 Å². The molecule has 2 aromatic heterocycles. The predicted molar refractivity (Wildman–Crippen MR) is 120 cm³/mol. The maximum absolute atomic E-state index is 13.0. The first kappa shape index (κ1) is 20.2. The molecule has 0 aliphatic carbocycles. The number of thioether (sulfide) groups is 1. The number of rotatable bonds is 6. The molecule has 0 spiro atoms. The number of hydrogen-bond donors (Lipinski definition) is 1. The van der Waals surface area contributed by atoms with Gasteiger partial charge in [-0.3, -0.25) is 9.89 Å². The highest BCUT2D eigenvalue weighted by Crippen LogP contribution is 2.20. The monoisotopic (exact) mass is 447 g/mol. The Morgan fingerprint density at radius 3 is 2.50 bits per heavy atom. The van der Waals surface area contributed by atoms with E-state index in [1.54, 1.807) is 16.4 Å². The van der Waals surface area contributed by atoms with Crippen LogP contribution in [-0.4, -0.2) is 72.4 Å². The summed E-state index contributed by atoms with van der Waals surface area (Å²) >= 11 is 1.57. The Kier molecular flexibility index (Phi) is 5.79. The number of H-pyrrole nitrogens is 1. The van der Waals surface area contributed by atoms with Crippen LogP contribution in [0.3, 0.4) is 0 Å². The molecule has 1 fully saturated rings. The number of tetrazole rings is 1. The average molecular weight is 448 g/mol. The van der Waals surface area contributed by atoms with E-state index in [-0.39, 0.29) is 5.91 Å². The highest BCUT2D eigenvalue weighted by molar-refractivity contribution is 7.98. The van der Waals surface area contributed by atoms with Crippen LogP contribution >= 0.6 is 11.8 Å². The van der Waals surface area contributed by atoms with Gasteiger partial charge in [-0.25, -0.2) is 4.98 Å². The number of piperazine rings is 1. The summed E-state index contributed by atoms with van der Waals surface area (Å²) in [5.74, 6) is 1.50. The van der Waals surface area contributed by atoms with Crippen molar-refractivity contribution in [1.82, 2.24) is 40.3 Å². The lowest BCUT2D eigenvalue weighted by Crippen LogP contribution is -2.49. The Bertz CT molecular complexity index is 1150. The van der Waals surface area contributed by atoms with Crippen molar-refractivity contribution in [3.05, 3.63) is 72.1 Å². The Morgan fingerprint density at radius 1 is 1.00 bits per heavy atom. The van der Waals surface area contributed by atoms with Crippen LogP contribution in [0.25, 0.3) is 5.69 Å². The van der Waals surface area contributed by atoms with Gasteiger partial charge in [0.25, 0.3) is 5.91 Å². The number of para-hydroxylation sites is 1. The molecular formula is C21H21N9OS. The molecule has 5 rings (SSSR count). The molecular weight excluding hydrogens is 426 g/mol. The highest BCUT2D eigenvalue weighted by atomic mass is 32.2. The van der Waals surface area contributed by atoms with Crippen LogP contribution in [0.1, 0.15) is 15.9 Å². The van der Waals surface area contributed by atoms with Crippen LogP contribution in [0.15, 0.2) is 66.1 Å². The number of aromatic nitrogens is 7. The molecule has 11 heteroatoms. The zero-order chi connectivity index (χ0) is 21.8. The van der Waals surface area contributed by atoms with Crippen molar-refractivity contribution < 1.29 is 4.79 Å². The summed E-state index contributed by atoms with van der Waals surface area (Å²) in [6, 6.07) is 17.6. The second kappa shape index (κ2) is 9.18. The summed E-state index contributed by atoms with van der Waals surface area (Å²) in [7, 11) is 0. The van der Waals surface area contributed by atoms with Crippen LogP contribution in [0, 0.1) is 0 Å². The third kappa shape index (κ3) is 4.33. The lowest BCUT2D eigenvalue weighted by Gasteiger charge is -2.34.